The number of aromatic nitrogens is 7. The Kier molecular flexibility index (Phi) is 11.5. The van der Waals surface area contributed by atoms with Gasteiger partial charge < -0.3 is 13.5 Å². The highest BCUT2D eigenvalue weighted by Gasteiger charge is 2.47. The van der Waals surface area contributed by atoms with E-state index in [1.54, 1.807) is 0 Å². The Morgan fingerprint density at radius 1 is 0.314 bits per heavy atom. The Labute approximate surface area is 500 Å². The Morgan fingerprint density at radius 3 is 1.27 bits per heavy atom. The summed E-state index contributed by atoms with van der Waals surface area (Å²) in [6.45, 7) is 0. The topological polar surface area (TPSA) is 65.8 Å². The SMILES string of the molecule is c1ccc(-c2nc(-c3ccccc3)nc(C3CC4CCC3CC4c3ccc(-n4c5ccccc5c5ccc(-c6ccc7c8ccccc8n(-c8ccc(C9CC%10CC9CC%10c9ccc(-c%10cn%11ccccc%11n%10)cc9)cc8)c7c6)cc54)cc3)n2)cc1. The first-order valence-corrected chi connectivity index (χ1v) is 31.3. The standard InChI is InChI=1S/C79H63N7/c1-3-13-53(14-4-1)77-81-78(54-15-5-2-6-16-54)83-79(82-77)70-43-57-26-27-58(70)42-67(57)50-28-34-61(35-29-50)85-72-19-9-7-17-63(72)65-38-32-55(46-74(65)85)56-33-39-66-64-18-8-10-20-73(64)86(75(66)47-56)62-36-30-51(31-37-62)69-45-59-41-60(69)44-68(59)49-22-24-52(25-23-49)71-48-84-40-12-11-21-76(84)80-71/h1-25,28-40,46-48,57-60,67-70H,26-27,41-45H2. The molecule has 8 atom stereocenters. The van der Waals surface area contributed by atoms with Crippen molar-refractivity contribution in [2.45, 2.75) is 68.6 Å². The molecule has 0 aliphatic heterocycles. The average molecular weight is 1110 g/mol. The minimum absolute atomic E-state index is 0.319. The molecular weight excluding hydrogens is 1050 g/mol. The van der Waals surface area contributed by atoms with E-state index in [2.05, 4.69) is 256 Å². The van der Waals surface area contributed by atoms with Gasteiger partial charge in [0.15, 0.2) is 11.6 Å². The van der Waals surface area contributed by atoms with Gasteiger partial charge in [0.1, 0.15) is 11.5 Å². The van der Waals surface area contributed by atoms with Crippen molar-refractivity contribution in [1.29, 1.82) is 0 Å². The molecule has 14 aromatic rings. The van der Waals surface area contributed by atoms with Gasteiger partial charge in [-0.3, -0.25) is 0 Å². The molecule has 0 spiro atoms. The van der Waals surface area contributed by atoms with Crippen LogP contribution in [0.2, 0.25) is 0 Å². The summed E-state index contributed by atoms with van der Waals surface area (Å²) in [5.41, 5.74) is 19.4. The van der Waals surface area contributed by atoms with Gasteiger partial charge in [-0.2, -0.15) is 0 Å². The second-order valence-electron chi connectivity index (χ2n) is 25.4. The maximum atomic E-state index is 5.23. The van der Waals surface area contributed by atoms with Crippen molar-refractivity contribution < 1.29 is 0 Å². The van der Waals surface area contributed by atoms with Crippen LogP contribution in [0.15, 0.2) is 249 Å². The lowest BCUT2D eigenvalue weighted by atomic mass is 9.58. The zero-order valence-electron chi connectivity index (χ0n) is 47.9. The van der Waals surface area contributed by atoms with Crippen molar-refractivity contribution in [2.24, 2.45) is 23.7 Å². The van der Waals surface area contributed by atoms with Crippen molar-refractivity contribution in [3.63, 3.8) is 0 Å². The van der Waals surface area contributed by atoms with E-state index in [9.17, 15) is 0 Å². The molecule has 8 unspecified atom stereocenters. The van der Waals surface area contributed by atoms with E-state index in [4.69, 9.17) is 19.9 Å². The van der Waals surface area contributed by atoms with Crippen molar-refractivity contribution in [2.75, 3.05) is 0 Å². The predicted molar refractivity (Wildman–Crippen MR) is 349 cm³/mol. The lowest BCUT2D eigenvalue weighted by Gasteiger charge is -2.47. The number of para-hydroxylation sites is 2. The third-order valence-electron chi connectivity index (χ3n) is 20.9. The number of imidazole rings is 1. The first-order valence-electron chi connectivity index (χ1n) is 31.3. The van der Waals surface area contributed by atoms with E-state index in [1.807, 2.05) is 6.07 Å². The Hall–Kier alpha value is -9.72. The molecule has 0 saturated heterocycles. The summed E-state index contributed by atoms with van der Waals surface area (Å²) in [4.78, 5) is 20.4. The Balaban J connectivity index is 0.620. The minimum Gasteiger partial charge on any atom is -0.309 e. The van der Waals surface area contributed by atoms with E-state index in [1.165, 1.54) is 120 Å². The number of nitrogens with zero attached hydrogens (tertiary/aromatic N) is 7. The van der Waals surface area contributed by atoms with E-state index in [0.717, 1.165) is 58.7 Å². The van der Waals surface area contributed by atoms with Crippen LogP contribution in [-0.4, -0.2) is 33.5 Å². The molecule has 0 amide bonds. The molecule has 9 aromatic carbocycles. The molecule has 414 valence electrons. The lowest BCUT2D eigenvalue weighted by molar-refractivity contribution is 0.113. The molecule has 5 aliphatic carbocycles. The zero-order chi connectivity index (χ0) is 56.4. The third kappa shape index (κ3) is 8.22. The highest BCUT2D eigenvalue weighted by atomic mass is 15.0. The molecular formula is C79H63N7. The number of pyridine rings is 1. The van der Waals surface area contributed by atoms with Gasteiger partial charge in [0.2, 0.25) is 0 Å². The number of benzene rings is 9. The summed E-state index contributed by atoms with van der Waals surface area (Å²) in [7, 11) is 0. The molecule has 5 fully saturated rings. The van der Waals surface area contributed by atoms with Gasteiger partial charge in [-0.05, 0) is 175 Å². The fourth-order valence-electron chi connectivity index (χ4n) is 16.8. The largest absolute Gasteiger partial charge is 0.309 e. The molecule has 19 rings (SSSR count). The fourth-order valence-corrected chi connectivity index (χ4v) is 16.8. The maximum Gasteiger partial charge on any atom is 0.163 e. The van der Waals surface area contributed by atoms with Crippen LogP contribution in [0.25, 0.3) is 106 Å². The van der Waals surface area contributed by atoms with Gasteiger partial charge in [-0.15, -0.1) is 0 Å². The molecule has 5 heterocycles. The molecule has 0 radical (unpaired) electrons. The first kappa shape index (κ1) is 49.7. The molecule has 5 aliphatic rings. The molecule has 7 nitrogen and oxygen atoms in total. The summed E-state index contributed by atoms with van der Waals surface area (Å²) >= 11 is 0. The van der Waals surface area contributed by atoms with Crippen LogP contribution in [0.1, 0.15) is 91.1 Å². The molecule has 4 bridgehead atoms. The second-order valence-corrected chi connectivity index (χ2v) is 25.4. The van der Waals surface area contributed by atoms with Crippen molar-refractivity contribution >= 4 is 49.3 Å². The quantitative estimate of drug-likeness (QED) is 0.137. The summed E-state index contributed by atoms with van der Waals surface area (Å²) < 4.78 is 7.09. The van der Waals surface area contributed by atoms with E-state index in [-0.39, 0.29) is 0 Å². The third-order valence-corrected chi connectivity index (χ3v) is 20.9. The van der Waals surface area contributed by atoms with Crippen molar-refractivity contribution in [3.8, 4) is 56.5 Å². The predicted octanol–water partition coefficient (Wildman–Crippen LogP) is 19.4. The van der Waals surface area contributed by atoms with Crippen molar-refractivity contribution in [3.05, 3.63) is 271 Å². The van der Waals surface area contributed by atoms with Crippen LogP contribution in [0, 0.1) is 23.7 Å². The van der Waals surface area contributed by atoms with Gasteiger partial charge in [-0.1, -0.05) is 176 Å². The fraction of sp³-hybridized carbons (Fsp3) is 0.190. The minimum atomic E-state index is 0.319. The molecule has 5 aromatic heterocycles. The van der Waals surface area contributed by atoms with Gasteiger partial charge in [0.05, 0.1) is 27.8 Å². The Bertz CT molecular complexity index is 4810. The highest BCUT2D eigenvalue weighted by Crippen LogP contribution is 2.59. The summed E-state index contributed by atoms with van der Waals surface area (Å²) in [5.74, 6) is 7.09. The van der Waals surface area contributed by atoms with Gasteiger partial charge >= 0.3 is 0 Å². The number of fused-ring (bicyclic) bond motifs is 12. The van der Waals surface area contributed by atoms with Crippen LogP contribution in [0.4, 0.5) is 0 Å². The van der Waals surface area contributed by atoms with Gasteiger partial charge in [0.25, 0.3) is 0 Å². The van der Waals surface area contributed by atoms with Crippen LogP contribution in [0.5, 0.6) is 0 Å². The van der Waals surface area contributed by atoms with Gasteiger partial charge in [0, 0.05) is 67.9 Å². The first-order chi connectivity index (χ1) is 42.6. The number of hydrogen-bond acceptors (Lipinski definition) is 4. The van der Waals surface area contributed by atoms with Crippen LogP contribution in [0.3, 0.4) is 0 Å². The van der Waals surface area contributed by atoms with Crippen LogP contribution < -0.4 is 0 Å². The maximum absolute atomic E-state index is 5.23. The second kappa shape index (κ2) is 20.0. The van der Waals surface area contributed by atoms with Crippen LogP contribution in [-0.2, 0) is 0 Å². The van der Waals surface area contributed by atoms with Crippen molar-refractivity contribution in [1.82, 2.24) is 33.5 Å². The van der Waals surface area contributed by atoms with Crippen LogP contribution >= 0.6 is 0 Å². The number of hydrogen-bond donors (Lipinski definition) is 0. The smallest absolute Gasteiger partial charge is 0.163 e. The molecule has 7 heteroatoms. The molecule has 0 N–H and O–H groups in total. The zero-order valence-corrected chi connectivity index (χ0v) is 47.9. The van der Waals surface area contributed by atoms with E-state index < -0.39 is 0 Å². The van der Waals surface area contributed by atoms with Gasteiger partial charge in [-0.25, -0.2) is 19.9 Å². The number of rotatable bonds is 10. The van der Waals surface area contributed by atoms with E-state index >= 15 is 0 Å². The molecule has 5 saturated carbocycles. The lowest BCUT2D eigenvalue weighted by Crippen LogP contribution is -2.36. The summed E-state index contributed by atoms with van der Waals surface area (Å²) in [6.07, 6.45) is 12.8. The normalized spacial score (nSPS) is 21.6. The monoisotopic (exact) mass is 1110 g/mol. The average Bonchev–Trinajstić information content (AvgIpc) is 3.29. The highest BCUT2D eigenvalue weighted by molar-refractivity contribution is 6.12. The summed E-state index contributed by atoms with van der Waals surface area (Å²) in [5, 5.41) is 5.09. The summed E-state index contributed by atoms with van der Waals surface area (Å²) in [6, 6.07) is 87.7. The molecule has 86 heavy (non-hydrogen) atoms. The Morgan fingerprint density at radius 2 is 0.756 bits per heavy atom. The van der Waals surface area contributed by atoms with E-state index in [0.29, 0.717) is 41.4 Å².